The first-order valence-corrected chi connectivity index (χ1v) is 7.77. The van der Waals surface area contributed by atoms with Gasteiger partial charge in [-0.2, -0.15) is 0 Å². The number of carbonyl (C=O) groups excluding carboxylic acids is 1. The molecule has 0 unspecified atom stereocenters. The van der Waals surface area contributed by atoms with E-state index in [-0.39, 0.29) is 24.3 Å². The molecule has 5 heteroatoms. The van der Waals surface area contributed by atoms with E-state index in [1.54, 1.807) is 0 Å². The third kappa shape index (κ3) is 4.35. The maximum atomic E-state index is 11.8. The van der Waals surface area contributed by atoms with E-state index in [0.29, 0.717) is 0 Å². The first kappa shape index (κ1) is 15.6. The van der Waals surface area contributed by atoms with Crippen LogP contribution in [0.4, 0.5) is 4.79 Å². The molecule has 20 heavy (non-hydrogen) atoms. The van der Waals surface area contributed by atoms with Gasteiger partial charge in [-0.1, -0.05) is 12.8 Å². The van der Waals surface area contributed by atoms with Gasteiger partial charge in [-0.05, 0) is 40.0 Å². The minimum Gasteiger partial charge on any atom is -0.444 e. The van der Waals surface area contributed by atoms with Gasteiger partial charge in [0, 0.05) is 25.2 Å². The van der Waals surface area contributed by atoms with Crippen molar-refractivity contribution in [3.8, 4) is 0 Å². The molecule has 1 heterocycles. The fourth-order valence-electron chi connectivity index (χ4n) is 3.20. The number of hydrogen-bond acceptors (Lipinski definition) is 4. The van der Waals surface area contributed by atoms with Gasteiger partial charge in [0.1, 0.15) is 5.60 Å². The lowest BCUT2D eigenvalue weighted by Crippen LogP contribution is -2.46. The summed E-state index contributed by atoms with van der Waals surface area (Å²) in [5.41, 5.74) is -0.456. The second-order valence-electron chi connectivity index (χ2n) is 7.05. The van der Waals surface area contributed by atoms with Crippen LogP contribution in [-0.4, -0.2) is 53.0 Å². The molecule has 0 spiro atoms. The number of aliphatic hydroxyl groups is 1. The quantitative estimate of drug-likeness (QED) is 0.813. The van der Waals surface area contributed by atoms with E-state index >= 15 is 0 Å². The van der Waals surface area contributed by atoms with Crippen molar-refractivity contribution in [1.29, 1.82) is 0 Å². The number of likely N-dealkylation sites (tertiary alicyclic amines) is 1. The molecule has 2 aliphatic rings. The summed E-state index contributed by atoms with van der Waals surface area (Å²) in [6.07, 6.45) is 4.69. The smallest absolute Gasteiger partial charge is 0.407 e. The zero-order valence-corrected chi connectivity index (χ0v) is 12.9. The summed E-state index contributed by atoms with van der Waals surface area (Å²) in [6, 6.07) is 0.410. The minimum absolute atomic E-state index is 0.138. The van der Waals surface area contributed by atoms with Crippen LogP contribution in [0.5, 0.6) is 0 Å². The van der Waals surface area contributed by atoms with Crippen LogP contribution < -0.4 is 5.32 Å². The summed E-state index contributed by atoms with van der Waals surface area (Å²) >= 11 is 0. The zero-order chi connectivity index (χ0) is 14.8. The van der Waals surface area contributed by atoms with Gasteiger partial charge in [0.15, 0.2) is 0 Å². The van der Waals surface area contributed by atoms with Gasteiger partial charge in [0.05, 0.1) is 6.10 Å². The fourth-order valence-corrected chi connectivity index (χ4v) is 3.20. The standard InChI is InChI=1S/C15H28N2O3/c1-15(2,3)20-14(19)16-11-8-9-17(10-11)12-6-4-5-7-13(12)18/h11-13,18H,4-10H2,1-3H3,(H,16,19)/t11-,12-,13-/m0/s1. The maximum Gasteiger partial charge on any atom is 0.407 e. The number of nitrogens with zero attached hydrogens (tertiary/aromatic N) is 1. The van der Waals surface area contributed by atoms with E-state index in [1.807, 2.05) is 20.8 Å². The second kappa shape index (κ2) is 6.31. The van der Waals surface area contributed by atoms with Crippen LogP contribution in [0.25, 0.3) is 0 Å². The number of nitrogens with one attached hydrogen (secondary N) is 1. The van der Waals surface area contributed by atoms with Crippen LogP contribution in [0, 0.1) is 0 Å². The molecule has 116 valence electrons. The molecule has 1 aliphatic carbocycles. The number of rotatable bonds is 2. The Morgan fingerprint density at radius 1 is 1.25 bits per heavy atom. The van der Waals surface area contributed by atoms with E-state index in [9.17, 15) is 9.90 Å². The third-order valence-electron chi connectivity index (χ3n) is 4.10. The SMILES string of the molecule is CC(C)(C)OC(=O)N[C@H]1CCN([C@H]2CCCC[C@@H]2O)C1. The first-order valence-electron chi connectivity index (χ1n) is 7.77. The maximum absolute atomic E-state index is 11.8. The molecule has 5 nitrogen and oxygen atoms in total. The van der Waals surface area contributed by atoms with E-state index in [4.69, 9.17) is 4.74 Å². The summed E-state index contributed by atoms with van der Waals surface area (Å²) in [4.78, 5) is 14.1. The van der Waals surface area contributed by atoms with Crippen molar-refractivity contribution in [1.82, 2.24) is 10.2 Å². The molecule has 1 aliphatic heterocycles. The molecule has 0 bridgehead atoms. The molecular weight excluding hydrogens is 256 g/mol. The van der Waals surface area contributed by atoms with Crippen LogP contribution in [-0.2, 0) is 4.74 Å². The van der Waals surface area contributed by atoms with Gasteiger partial charge in [-0.15, -0.1) is 0 Å². The molecule has 3 atom stereocenters. The van der Waals surface area contributed by atoms with Crippen molar-refractivity contribution in [3.63, 3.8) is 0 Å². The molecule has 0 aromatic heterocycles. The van der Waals surface area contributed by atoms with Crippen molar-refractivity contribution >= 4 is 6.09 Å². The molecule has 0 aromatic carbocycles. The first-order chi connectivity index (χ1) is 9.35. The van der Waals surface area contributed by atoms with Crippen molar-refractivity contribution in [2.24, 2.45) is 0 Å². The van der Waals surface area contributed by atoms with E-state index in [2.05, 4.69) is 10.2 Å². The number of amides is 1. The average Bonchev–Trinajstić information content (AvgIpc) is 2.75. The van der Waals surface area contributed by atoms with Crippen LogP contribution in [0.1, 0.15) is 52.9 Å². The number of ether oxygens (including phenoxy) is 1. The largest absolute Gasteiger partial charge is 0.444 e. The summed E-state index contributed by atoms with van der Waals surface area (Å²) < 4.78 is 5.28. The molecule has 2 N–H and O–H groups in total. The summed E-state index contributed by atoms with van der Waals surface area (Å²) in [6.45, 7) is 7.37. The van der Waals surface area contributed by atoms with Gasteiger partial charge in [0.25, 0.3) is 0 Å². The number of carbonyl (C=O) groups is 1. The van der Waals surface area contributed by atoms with Gasteiger partial charge in [-0.25, -0.2) is 4.79 Å². The van der Waals surface area contributed by atoms with E-state index < -0.39 is 5.60 Å². The van der Waals surface area contributed by atoms with Crippen LogP contribution in [0.3, 0.4) is 0 Å². The molecule has 1 amide bonds. The second-order valence-corrected chi connectivity index (χ2v) is 7.05. The molecular formula is C15H28N2O3. The predicted octanol–water partition coefficient (Wildman–Crippen LogP) is 1.89. The highest BCUT2D eigenvalue weighted by Gasteiger charge is 2.34. The van der Waals surface area contributed by atoms with E-state index in [0.717, 1.165) is 38.8 Å². The highest BCUT2D eigenvalue weighted by molar-refractivity contribution is 5.68. The Morgan fingerprint density at radius 3 is 2.60 bits per heavy atom. The Morgan fingerprint density at radius 2 is 1.95 bits per heavy atom. The average molecular weight is 284 g/mol. The Hall–Kier alpha value is -0.810. The van der Waals surface area contributed by atoms with Crippen LogP contribution >= 0.6 is 0 Å². The fraction of sp³-hybridized carbons (Fsp3) is 0.933. The molecule has 2 rings (SSSR count). The number of hydrogen-bond donors (Lipinski definition) is 2. The molecule has 1 saturated heterocycles. The Labute approximate surface area is 121 Å². The highest BCUT2D eigenvalue weighted by atomic mass is 16.6. The predicted molar refractivity (Wildman–Crippen MR) is 77.6 cm³/mol. The monoisotopic (exact) mass is 284 g/mol. The molecule has 2 fully saturated rings. The summed E-state index contributed by atoms with van der Waals surface area (Å²) in [5.74, 6) is 0. The van der Waals surface area contributed by atoms with Crippen molar-refractivity contribution in [2.75, 3.05) is 13.1 Å². The van der Waals surface area contributed by atoms with Gasteiger partial charge in [-0.3, -0.25) is 4.90 Å². The highest BCUT2D eigenvalue weighted by Crippen LogP contribution is 2.26. The topological polar surface area (TPSA) is 61.8 Å². The molecule has 1 saturated carbocycles. The Balaban J connectivity index is 1.79. The zero-order valence-electron chi connectivity index (χ0n) is 12.9. The van der Waals surface area contributed by atoms with Crippen molar-refractivity contribution < 1.29 is 14.6 Å². The number of alkyl carbamates (subject to hydrolysis) is 1. The Kier molecular flexibility index (Phi) is 4.91. The minimum atomic E-state index is -0.456. The van der Waals surface area contributed by atoms with Gasteiger partial charge < -0.3 is 15.2 Å². The Bertz CT molecular complexity index is 341. The van der Waals surface area contributed by atoms with Crippen molar-refractivity contribution in [2.45, 2.75) is 76.7 Å². The lowest BCUT2D eigenvalue weighted by atomic mass is 9.91. The van der Waals surface area contributed by atoms with Gasteiger partial charge in [0.2, 0.25) is 0 Å². The van der Waals surface area contributed by atoms with Gasteiger partial charge >= 0.3 is 6.09 Å². The summed E-state index contributed by atoms with van der Waals surface area (Å²) in [5, 5.41) is 13.0. The van der Waals surface area contributed by atoms with E-state index in [1.165, 1.54) is 6.42 Å². The normalized spacial score (nSPS) is 32.1. The molecule has 0 radical (unpaired) electrons. The lowest BCUT2D eigenvalue weighted by molar-refractivity contribution is 0.0292. The van der Waals surface area contributed by atoms with Crippen molar-refractivity contribution in [3.05, 3.63) is 0 Å². The van der Waals surface area contributed by atoms with Crippen LogP contribution in [0.2, 0.25) is 0 Å². The lowest BCUT2D eigenvalue weighted by Gasteiger charge is -2.35. The van der Waals surface area contributed by atoms with Crippen LogP contribution in [0.15, 0.2) is 0 Å². The third-order valence-corrected chi connectivity index (χ3v) is 4.10. The number of aliphatic hydroxyl groups excluding tert-OH is 1. The molecule has 0 aromatic rings. The summed E-state index contributed by atoms with van der Waals surface area (Å²) in [7, 11) is 0.